The number of hydrogen-bond donors (Lipinski definition) is 1. The predicted octanol–water partition coefficient (Wildman–Crippen LogP) is 2.47. The van der Waals surface area contributed by atoms with E-state index in [1.165, 1.54) is 10.00 Å². The van der Waals surface area contributed by atoms with Crippen molar-refractivity contribution in [3.63, 3.8) is 0 Å². The van der Waals surface area contributed by atoms with Gasteiger partial charge in [-0.2, -0.15) is 17.8 Å². The van der Waals surface area contributed by atoms with Crippen LogP contribution < -0.4 is 4.72 Å². The second-order valence-corrected chi connectivity index (χ2v) is 11.3. The average molecular weight is 436 g/mol. The Hall–Kier alpha value is -1.55. The Morgan fingerprint density at radius 2 is 1.87 bits per heavy atom. The molecule has 0 atom stereocenters. The third kappa shape index (κ3) is 4.69. The highest BCUT2D eigenvalue weighted by atomic mass is 32.2. The number of hydrogen-bond acceptors (Lipinski definition) is 5. The molecule has 1 saturated carbocycles. The molecule has 1 aliphatic carbocycles. The molecule has 0 aromatic carbocycles. The second-order valence-electron chi connectivity index (χ2n) is 9.50. The largest absolute Gasteiger partial charge is 0.379 e. The highest BCUT2D eigenvalue weighted by Crippen LogP contribution is 2.36. The van der Waals surface area contributed by atoms with Crippen molar-refractivity contribution in [2.24, 2.45) is 5.92 Å². The van der Waals surface area contributed by atoms with Crippen molar-refractivity contribution in [2.45, 2.75) is 57.8 Å². The van der Waals surface area contributed by atoms with Crippen LogP contribution in [-0.2, 0) is 20.4 Å². The molecule has 1 aliphatic heterocycles. The fourth-order valence-corrected chi connectivity index (χ4v) is 5.61. The summed E-state index contributed by atoms with van der Waals surface area (Å²) >= 11 is 0. The molecule has 0 unspecified atom stereocenters. The smallest absolute Gasteiger partial charge is 0.279 e. The number of morpholine rings is 1. The average Bonchev–Trinajstić information content (AvgIpc) is 3.19. The van der Waals surface area contributed by atoms with Crippen LogP contribution in [0.5, 0.6) is 0 Å². The van der Waals surface area contributed by atoms with Crippen LogP contribution in [0.3, 0.4) is 0 Å². The molecule has 166 valence electrons. The Balaban J connectivity index is 1.37. The summed E-state index contributed by atoms with van der Waals surface area (Å²) in [6, 6.07) is 4.16. The zero-order chi connectivity index (χ0) is 21.4. The first-order valence-corrected chi connectivity index (χ1v) is 12.4. The Morgan fingerprint density at radius 3 is 2.53 bits per heavy atom. The van der Waals surface area contributed by atoms with Gasteiger partial charge in [0.15, 0.2) is 5.65 Å². The lowest BCUT2D eigenvalue weighted by Crippen LogP contribution is -2.47. The molecule has 0 amide bonds. The van der Waals surface area contributed by atoms with Gasteiger partial charge >= 0.3 is 0 Å². The zero-order valence-electron chi connectivity index (χ0n) is 18.2. The summed E-state index contributed by atoms with van der Waals surface area (Å²) in [4.78, 5) is 4.50. The summed E-state index contributed by atoms with van der Waals surface area (Å²) < 4.78 is 36.5. The molecule has 2 aromatic rings. The van der Waals surface area contributed by atoms with Crippen LogP contribution in [0.4, 0.5) is 0 Å². The van der Waals surface area contributed by atoms with E-state index in [1.807, 2.05) is 10.7 Å². The van der Waals surface area contributed by atoms with E-state index in [-0.39, 0.29) is 5.41 Å². The monoisotopic (exact) mass is 435 g/mol. The minimum absolute atomic E-state index is 0.0136. The summed E-state index contributed by atoms with van der Waals surface area (Å²) in [7, 11) is -3.41. The fraction of sp³-hybridized carbons (Fsp3) is 0.714. The zero-order valence-corrected chi connectivity index (χ0v) is 19.0. The van der Waals surface area contributed by atoms with Gasteiger partial charge in [0.25, 0.3) is 10.2 Å². The van der Waals surface area contributed by atoms with Gasteiger partial charge in [0.05, 0.1) is 18.9 Å². The molecule has 8 nitrogen and oxygen atoms in total. The lowest BCUT2D eigenvalue weighted by molar-refractivity contribution is 0.0724. The third-order valence-corrected chi connectivity index (χ3v) is 7.86. The minimum atomic E-state index is -3.41. The van der Waals surface area contributed by atoms with Gasteiger partial charge in [-0.25, -0.2) is 14.2 Å². The van der Waals surface area contributed by atoms with Crippen LogP contribution in [0.1, 0.15) is 63.8 Å². The van der Waals surface area contributed by atoms with Crippen molar-refractivity contribution in [3.8, 4) is 0 Å². The molecule has 1 saturated heterocycles. The van der Waals surface area contributed by atoms with Crippen molar-refractivity contribution >= 4 is 15.9 Å². The van der Waals surface area contributed by atoms with Gasteiger partial charge in [-0.05, 0) is 37.7 Å². The van der Waals surface area contributed by atoms with E-state index >= 15 is 0 Å². The van der Waals surface area contributed by atoms with Gasteiger partial charge in [-0.3, -0.25) is 0 Å². The molecule has 1 N–H and O–H groups in total. The molecule has 4 rings (SSSR count). The van der Waals surface area contributed by atoms with Crippen LogP contribution in [0.15, 0.2) is 18.3 Å². The topological polar surface area (TPSA) is 88.8 Å². The molecule has 9 heteroatoms. The van der Waals surface area contributed by atoms with Crippen molar-refractivity contribution in [1.29, 1.82) is 0 Å². The summed E-state index contributed by atoms with van der Waals surface area (Å²) in [6.45, 7) is 8.80. The Labute approximate surface area is 179 Å². The van der Waals surface area contributed by atoms with E-state index in [2.05, 4.69) is 42.6 Å². The Kier molecular flexibility index (Phi) is 6.16. The number of rotatable bonds is 5. The number of aromatic nitrogens is 3. The SMILES string of the molecule is CC(C)(C)c1cc2nccc(C3CCC(CNS(=O)(=O)N4CCOCC4)CC3)n2n1. The summed E-state index contributed by atoms with van der Waals surface area (Å²) in [5.74, 6) is 0.799. The molecule has 0 radical (unpaired) electrons. The summed E-state index contributed by atoms with van der Waals surface area (Å²) in [5.41, 5.74) is 3.15. The van der Waals surface area contributed by atoms with E-state index in [9.17, 15) is 8.42 Å². The van der Waals surface area contributed by atoms with Crippen molar-refractivity contribution in [2.75, 3.05) is 32.8 Å². The fourth-order valence-electron chi connectivity index (χ4n) is 4.35. The maximum Gasteiger partial charge on any atom is 0.279 e. The van der Waals surface area contributed by atoms with Gasteiger partial charge in [0.1, 0.15) is 0 Å². The van der Waals surface area contributed by atoms with Crippen LogP contribution in [0.2, 0.25) is 0 Å². The molecular weight excluding hydrogens is 402 g/mol. The van der Waals surface area contributed by atoms with Crippen molar-refractivity contribution in [3.05, 3.63) is 29.7 Å². The van der Waals surface area contributed by atoms with Crippen molar-refractivity contribution in [1.82, 2.24) is 23.6 Å². The summed E-state index contributed by atoms with van der Waals surface area (Å²) in [5, 5.41) is 4.85. The molecule has 3 heterocycles. The van der Waals surface area contributed by atoms with E-state index < -0.39 is 10.2 Å². The molecule has 2 fully saturated rings. The first kappa shape index (κ1) is 21.7. The second kappa shape index (κ2) is 8.53. The molecule has 2 aromatic heterocycles. The quantitative estimate of drug-likeness (QED) is 0.779. The maximum atomic E-state index is 12.5. The molecule has 2 aliphatic rings. The Morgan fingerprint density at radius 1 is 1.17 bits per heavy atom. The number of nitrogens with zero attached hydrogens (tertiary/aromatic N) is 4. The van der Waals surface area contributed by atoms with Gasteiger partial charge in [0, 0.05) is 48.9 Å². The first-order chi connectivity index (χ1) is 14.2. The van der Waals surface area contributed by atoms with E-state index in [0.717, 1.165) is 37.0 Å². The normalized spacial score (nSPS) is 24.4. The molecular formula is C21H33N5O3S. The molecule has 0 bridgehead atoms. The third-order valence-electron chi connectivity index (χ3n) is 6.29. The van der Waals surface area contributed by atoms with E-state index in [0.29, 0.717) is 44.7 Å². The van der Waals surface area contributed by atoms with E-state index in [1.54, 1.807) is 0 Å². The van der Waals surface area contributed by atoms with Gasteiger partial charge in [-0.15, -0.1) is 0 Å². The lowest BCUT2D eigenvalue weighted by atomic mass is 9.80. The van der Waals surface area contributed by atoms with Crippen LogP contribution >= 0.6 is 0 Å². The van der Waals surface area contributed by atoms with Crippen LogP contribution in [0, 0.1) is 5.92 Å². The predicted molar refractivity (Wildman–Crippen MR) is 116 cm³/mol. The van der Waals surface area contributed by atoms with Crippen molar-refractivity contribution < 1.29 is 13.2 Å². The number of fused-ring (bicyclic) bond motifs is 1. The van der Waals surface area contributed by atoms with E-state index in [4.69, 9.17) is 9.84 Å². The van der Waals surface area contributed by atoms with Gasteiger partial charge in [0.2, 0.25) is 0 Å². The lowest BCUT2D eigenvalue weighted by Gasteiger charge is -2.30. The maximum absolute atomic E-state index is 12.5. The highest BCUT2D eigenvalue weighted by Gasteiger charge is 2.29. The van der Waals surface area contributed by atoms with Gasteiger partial charge < -0.3 is 4.74 Å². The minimum Gasteiger partial charge on any atom is -0.379 e. The highest BCUT2D eigenvalue weighted by molar-refractivity contribution is 7.87. The van der Waals surface area contributed by atoms with Crippen LogP contribution in [-0.4, -0.2) is 60.2 Å². The Bertz CT molecular complexity index is 968. The standard InChI is InChI=1S/C21H33N5O3S/c1-21(2,3)19-14-20-22-9-8-18(26(20)24-19)17-6-4-16(5-7-17)15-23-30(27,28)25-10-12-29-13-11-25/h8-9,14,16-17,23H,4-7,10-13,15H2,1-3H3. The number of ether oxygens (including phenoxy) is 1. The molecule has 0 spiro atoms. The summed E-state index contributed by atoms with van der Waals surface area (Å²) in [6.07, 6.45) is 5.96. The number of nitrogens with one attached hydrogen (secondary N) is 1. The first-order valence-electron chi connectivity index (χ1n) is 10.9. The molecule has 30 heavy (non-hydrogen) atoms. The van der Waals surface area contributed by atoms with Crippen LogP contribution in [0.25, 0.3) is 5.65 Å². The van der Waals surface area contributed by atoms with Gasteiger partial charge in [-0.1, -0.05) is 20.8 Å².